The molecule has 0 aromatic heterocycles. The van der Waals surface area contributed by atoms with Gasteiger partial charge in [-0.1, -0.05) is 24.3 Å². The first-order valence-electron chi connectivity index (χ1n) is 8.58. The minimum Gasteiger partial charge on any atom is -0.492 e. The quantitative estimate of drug-likeness (QED) is 0.825. The zero-order valence-corrected chi connectivity index (χ0v) is 15.3. The van der Waals surface area contributed by atoms with Crippen LogP contribution in [0, 0.1) is 0 Å². The van der Waals surface area contributed by atoms with Gasteiger partial charge in [-0.05, 0) is 68.4 Å². The first kappa shape index (κ1) is 17.9. The third kappa shape index (κ3) is 4.60. The molecule has 6 heteroatoms. The van der Waals surface area contributed by atoms with Crippen LogP contribution < -0.4 is 9.46 Å². The number of rotatable bonds is 7. The number of sulfonamides is 1. The maximum absolute atomic E-state index is 11.8. The second-order valence-electron chi connectivity index (χ2n) is 6.15. The van der Waals surface area contributed by atoms with E-state index in [1.807, 2.05) is 36.4 Å². The highest BCUT2D eigenvalue weighted by atomic mass is 32.2. The Balaban J connectivity index is 1.59. The SMILES string of the molecule is CNS(=O)(=O)c1ccc(-c2ccc(OCCN3CCCC3)cc2)cc1. The summed E-state index contributed by atoms with van der Waals surface area (Å²) in [7, 11) is -1.99. The van der Waals surface area contributed by atoms with Crippen LogP contribution in [0.25, 0.3) is 11.1 Å². The van der Waals surface area contributed by atoms with Crippen LogP contribution in [0.1, 0.15) is 12.8 Å². The lowest BCUT2D eigenvalue weighted by Crippen LogP contribution is -2.25. The Morgan fingerprint density at radius 2 is 1.52 bits per heavy atom. The molecule has 1 saturated heterocycles. The maximum Gasteiger partial charge on any atom is 0.240 e. The molecule has 0 spiro atoms. The number of likely N-dealkylation sites (tertiary alicyclic amines) is 1. The molecule has 2 aromatic carbocycles. The molecule has 0 amide bonds. The summed E-state index contributed by atoms with van der Waals surface area (Å²) >= 11 is 0. The second kappa shape index (κ2) is 7.99. The first-order valence-corrected chi connectivity index (χ1v) is 10.1. The van der Waals surface area contributed by atoms with Gasteiger partial charge in [0, 0.05) is 6.54 Å². The molecule has 5 nitrogen and oxygen atoms in total. The van der Waals surface area contributed by atoms with Gasteiger partial charge >= 0.3 is 0 Å². The van der Waals surface area contributed by atoms with Gasteiger partial charge in [-0.25, -0.2) is 13.1 Å². The number of ether oxygens (including phenoxy) is 1. The zero-order chi connectivity index (χ0) is 17.7. The molecule has 1 aliphatic heterocycles. The molecule has 1 fully saturated rings. The summed E-state index contributed by atoms with van der Waals surface area (Å²) < 4.78 is 31.6. The van der Waals surface area contributed by atoms with E-state index in [0.29, 0.717) is 6.61 Å². The molecule has 1 heterocycles. The van der Waals surface area contributed by atoms with Gasteiger partial charge in [-0.3, -0.25) is 4.90 Å². The van der Waals surface area contributed by atoms with Gasteiger partial charge in [0.2, 0.25) is 10.0 Å². The number of nitrogens with zero attached hydrogens (tertiary/aromatic N) is 1. The van der Waals surface area contributed by atoms with Crippen LogP contribution in [-0.4, -0.2) is 46.6 Å². The Morgan fingerprint density at radius 3 is 2.08 bits per heavy atom. The molecule has 1 aliphatic rings. The van der Waals surface area contributed by atoms with Crippen LogP contribution in [-0.2, 0) is 10.0 Å². The van der Waals surface area contributed by atoms with Crippen molar-refractivity contribution < 1.29 is 13.2 Å². The molecule has 134 valence electrons. The van der Waals surface area contributed by atoms with Crippen molar-refractivity contribution in [1.82, 2.24) is 9.62 Å². The van der Waals surface area contributed by atoms with Gasteiger partial charge in [0.1, 0.15) is 12.4 Å². The van der Waals surface area contributed by atoms with Crippen LogP contribution in [0.4, 0.5) is 0 Å². The lowest BCUT2D eigenvalue weighted by Gasteiger charge is -2.15. The second-order valence-corrected chi connectivity index (χ2v) is 8.04. The average molecular weight is 360 g/mol. The standard InChI is InChI=1S/C19H24N2O3S/c1-20-25(22,23)19-10-6-17(7-11-19)16-4-8-18(9-5-16)24-15-14-21-12-2-3-13-21/h4-11,20H,2-3,12-15H2,1H3. The largest absolute Gasteiger partial charge is 0.492 e. The molecule has 25 heavy (non-hydrogen) atoms. The Bertz CT molecular complexity index is 780. The van der Waals surface area contributed by atoms with E-state index < -0.39 is 10.0 Å². The van der Waals surface area contributed by atoms with Crippen molar-refractivity contribution in [2.45, 2.75) is 17.7 Å². The molecule has 0 saturated carbocycles. The van der Waals surface area contributed by atoms with Gasteiger partial charge < -0.3 is 4.74 Å². The molecule has 3 rings (SSSR count). The third-order valence-corrected chi connectivity index (χ3v) is 5.93. The predicted molar refractivity (Wildman–Crippen MR) is 99.3 cm³/mol. The van der Waals surface area contributed by atoms with E-state index in [1.54, 1.807) is 12.1 Å². The average Bonchev–Trinajstić information content (AvgIpc) is 3.16. The van der Waals surface area contributed by atoms with E-state index in [0.717, 1.165) is 23.4 Å². The fraction of sp³-hybridized carbons (Fsp3) is 0.368. The van der Waals surface area contributed by atoms with Crippen molar-refractivity contribution in [3.63, 3.8) is 0 Å². The molecule has 0 radical (unpaired) electrons. The van der Waals surface area contributed by atoms with Crippen LogP contribution in [0.3, 0.4) is 0 Å². The Labute approximate surface area is 149 Å². The fourth-order valence-corrected chi connectivity index (χ4v) is 3.72. The molecule has 1 N–H and O–H groups in total. The summed E-state index contributed by atoms with van der Waals surface area (Å²) in [4.78, 5) is 2.69. The summed E-state index contributed by atoms with van der Waals surface area (Å²) in [6, 6.07) is 14.7. The zero-order valence-electron chi connectivity index (χ0n) is 14.4. The first-order chi connectivity index (χ1) is 12.1. The predicted octanol–water partition coefficient (Wildman–Crippen LogP) is 2.74. The van der Waals surface area contributed by atoms with E-state index >= 15 is 0 Å². The Kier molecular flexibility index (Phi) is 5.73. The molecule has 2 aromatic rings. The van der Waals surface area contributed by atoms with Crippen molar-refractivity contribution in [1.29, 1.82) is 0 Å². The summed E-state index contributed by atoms with van der Waals surface area (Å²) in [5, 5.41) is 0. The summed E-state index contributed by atoms with van der Waals surface area (Å²) in [5.41, 5.74) is 2.00. The van der Waals surface area contributed by atoms with Crippen molar-refractivity contribution in [2.75, 3.05) is 33.3 Å². The molecule has 0 bridgehead atoms. The molecular weight excluding hydrogens is 336 g/mol. The van der Waals surface area contributed by atoms with Crippen LogP contribution in [0.5, 0.6) is 5.75 Å². The number of hydrogen-bond donors (Lipinski definition) is 1. The van der Waals surface area contributed by atoms with E-state index in [2.05, 4.69) is 9.62 Å². The van der Waals surface area contributed by atoms with Crippen molar-refractivity contribution in [3.05, 3.63) is 48.5 Å². The van der Waals surface area contributed by atoms with Crippen molar-refractivity contribution in [3.8, 4) is 16.9 Å². The smallest absolute Gasteiger partial charge is 0.240 e. The van der Waals surface area contributed by atoms with Crippen LogP contribution >= 0.6 is 0 Å². The van der Waals surface area contributed by atoms with Crippen molar-refractivity contribution in [2.24, 2.45) is 0 Å². The van der Waals surface area contributed by atoms with E-state index in [1.165, 1.54) is 33.0 Å². The number of hydrogen-bond acceptors (Lipinski definition) is 4. The van der Waals surface area contributed by atoms with Gasteiger partial charge in [-0.2, -0.15) is 0 Å². The molecule has 0 atom stereocenters. The third-order valence-electron chi connectivity index (χ3n) is 4.50. The highest BCUT2D eigenvalue weighted by Gasteiger charge is 2.12. The monoisotopic (exact) mass is 360 g/mol. The van der Waals surface area contributed by atoms with Gasteiger partial charge in [0.25, 0.3) is 0 Å². The topological polar surface area (TPSA) is 58.6 Å². The van der Waals surface area contributed by atoms with Gasteiger partial charge in [0.05, 0.1) is 4.90 Å². The summed E-state index contributed by atoms with van der Waals surface area (Å²) in [5.74, 6) is 0.859. The Morgan fingerprint density at radius 1 is 0.960 bits per heavy atom. The van der Waals surface area contributed by atoms with Crippen molar-refractivity contribution >= 4 is 10.0 Å². The minimum absolute atomic E-state index is 0.264. The summed E-state index contributed by atoms with van der Waals surface area (Å²) in [6.07, 6.45) is 2.59. The molecule has 0 unspecified atom stereocenters. The van der Waals surface area contributed by atoms with E-state index in [-0.39, 0.29) is 4.90 Å². The van der Waals surface area contributed by atoms with Gasteiger partial charge in [-0.15, -0.1) is 0 Å². The Hall–Kier alpha value is -1.89. The molecule has 0 aliphatic carbocycles. The number of benzene rings is 2. The van der Waals surface area contributed by atoms with Crippen LogP contribution in [0.15, 0.2) is 53.4 Å². The number of nitrogens with one attached hydrogen (secondary N) is 1. The van der Waals surface area contributed by atoms with E-state index in [4.69, 9.17) is 4.74 Å². The fourth-order valence-electron chi connectivity index (χ4n) is 2.99. The lowest BCUT2D eigenvalue weighted by molar-refractivity contribution is 0.238. The maximum atomic E-state index is 11.8. The van der Waals surface area contributed by atoms with Gasteiger partial charge in [0.15, 0.2) is 0 Å². The molecular formula is C19H24N2O3S. The van der Waals surface area contributed by atoms with Crippen LogP contribution in [0.2, 0.25) is 0 Å². The minimum atomic E-state index is -3.40. The lowest BCUT2D eigenvalue weighted by atomic mass is 10.1. The van der Waals surface area contributed by atoms with E-state index in [9.17, 15) is 8.42 Å². The highest BCUT2D eigenvalue weighted by molar-refractivity contribution is 7.89. The highest BCUT2D eigenvalue weighted by Crippen LogP contribution is 2.24. The normalized spacial score (nSPS) is 15.4. The summed E-state index contributed by atoms with van der Waals surface area (Å²) in [6.45, 7) is 4.04.